The molecule has 0 spiro atoms. The third kappa shape index (κ3) is 4.62. The summed E-state index contributed by atoms with van der Waals surface area (Å²) in [4.78, 5) is 15.8. The number of hydrazine groups is 1. The zero-order chi connectivity index (χ0) is 12.7. The van der Waals surface area contributed by atoms with Gasteiger partial charge in [-0.15, -0.1) is 0 Å². The van der Waals surface area contributed by atoms with Gasteiger partial charge in [-0.25, -0.2) is 0 Å². The summed E-state index contributed by atoms with van der Waals surface area (Å²) in [6.45, 7) is 2.75. The van der Waals surface area contributed by atoms with Crippen molar-refractivity contribution in [3.05, 3.63) is 24.0 Å². The van der Waals surface area contributed by atoms with Gasteiger partial charge in [0.15, 0.2) is 0 Å². The molecule has 0 fully saturated rings. The van der Waals surface area contributed by atoms with Gasteiger partial charge in [0.2, 0.25) is 0 Å². The molecule has 0 radical (unpaired) electrons. The number of amides is 1. The van der Waals surface area contributed by atoms with Crippen molar-refractivity contribution in [2.24, 2.45) is 11.8 Å². The SMILES string of the molecule is CSCC(C)CNC(=O)c1cc(NN)ccn1. The van der Waals surface area contributed by atoms with Gasteiger partial charge in [-0.1, -0.05) is 6.92 Å². The molecule has 5 nitrogen and oxygen atoms in total. The number of hydrogen-bond acceptors (Lipinski definition) is 5. The van der Waals surface area contributed by atoms with Crippen molar-refractivity contribution < 1.29 is 4.79 Å². The lowest BCUT2D eigenvalue weighted by atomic mass is 10.2. The van der Waals surface area contributed by atoms with Crippen LogP contribution in [-0.2, 0) is 0 Å². The molecule has 94 valence electrons. The molecule has 0 saturated heterocycles. The van der Waals surface area contributed by atoms with Gasteiger partial charge in [-0.3, -0.25) is 15.6 Å². The van der Waals surface area contributed by atoms with E-state index in [9.17, 15) is 4.79 Å². The molecule has 17 heavy (non-hydrogen) atoms. The first-order chi connectivity index (χ1) is 8.17. The van der Waals surface area contributed by atoms with Crippen LogP contribution in [0.15, 0.2) is 18.3 Å². The highest BCUT2D eigenvalue weighted by Crippen LogP contribution is 2.07. The molecule has 0 aliphatic heterocycles. The van der Waals surface area contributed by atoms with Crippen LogP contribution in [0.2, 0.25) is 0 Å². The molecule has 0 aliphatic rings. The quantitative estimate of drug-likeness (QED) is 0.523. The summed E-state index contributed by atoms with van der Waals surface area (Å²) < 4.78 is 0. The lowest BCUT2D eigenvalue weighted by Crippen LogP contribution is -2.29. The third-order valence-corrected chi connectivity index (χ3v) is 3.12. The number of carbonyl (C=O) groups is 1. The highest BCUT2D eigenvalue weighted by atomic mass is 32.2. The third-order valence-electron chi connectivity index (χ3n) is 2.22. The second-order valence-electron chi connectivity index (χ2n) is 3.84. The summed E-state index contributed by atoms with van der Waals surface area (Å²) in [6.07, 6.45) is 3.60. The Morgan fingerprint density at radius 3 is 3.06 bits per heavy atom. The minimum Gasteiger partial charge on any atom is -0.350 e. The molecule has 0 saturated carbocycles. The predicted octanol–water partition coefficient (Wildman–Crippen LogP) is 1.10. The molecule has 1 heterocycles. The van der Waals surface area contributed by atoms with Crippen molar-refractivity contribution in [3.8, 4) is 0 Å². The summed E-state index contributed by atoms with van der Waals surface area (Å²) in [5.41, 5.74) is 3.52. The number of nitrogen functional groups attached to an aromatic ring is 1. The Bertz CT molecular complexity index is 372. The predicted molar refractivity (Wildman–Crippen MR) is 71.9 cm³/mol. The molecule has 0 aromatic carbocycles. The smallest absolute Gasteiger partial charge is 0.269 e. The number of anilines is 1. The van der Waals surface area contributed by atoms with Crippen LogP contribution in [0.5, 0.6) is 0 Å². The van der Waals surface area contributed by atoms with Gasteiger partial charge in [0.05, 0.1) is 5.69 Å². The maximum Gasteiger partial charge on any atom is 0.269 e. The largest absolute Gasteiger partial charge is 0.350 e. The van der Waals surface area contributed by atoms with Crippen LogP contribution in [0.3, 0.4) is 0 Å². The number of hydrogen-bond donors (Lipinski definition) is 3. The number of aromatic nitrogens is 1. The molecule has 0 aliphatic carbocycles. The van der Waals surface area contributed by atoms with Gasteiger partial charge >= 0.3 is 0 Å². The normalized spacial score (nSPS) is 11.9. The Balaban J connectivity index is 2.51. The van der Waals surface area contributed by atoms with Crippen LogP contribution in [0.4, 0.5) is 5.69 Å². The number of pyridine rings is 1. The van der Waals surface area contributed by atoms with E-state index in [0.717, 1.165) is 5.75 Å². The van der Waals surface area contributed by atoms with E-state index in [0.29, 0.717) is 23.8 Å². The summed E-state index contributed by atoms with van der Waals surface area (Å²) in [7, 11) is 0. The molecular formula is C11H18N4OS. The van der Waals surface area contributed by atoms with E-state index >= 15 is 0 Å². The first-order valence-electron chi connectivity index (χ1n) is 5.37. The van der Waals surface area contributed by atoms with Crippen LogP contribution in [0.1, 0.15) is 17.4 Å². The van der Waals surface area contributed by atoms with Crippen molar-refractivity contribution >= 4 is 23.4 Å². The van der Waals surface area contributed by atoms with Gasteiger partial charge in [-0.05, 0) is 30.1 Å². The molecular weight excluding hydrogens is 236 g/mol. The Labute approximate surface area is 106 Å². The molecule has 1 atom stereocenters. The van der Waals surface area contributed by atoms with Crippen LogP contribution >= 0.6 is 11.8 Å². The second kappa shape index (κ2) is 7.13. The molecule has 1 aromatic rings. The molecule has 1 unspecified atom stereocenters. The fourth-order valence-electron chi connectivity index (χ4n) is 1.35. The number of nitrogens with one attached hydrogen (secondary N) is 2. The molecule has 6 heteroatoms. The first-order valence-corrected chi connectivity index (χ1v) is 6.76. The number of rotatable bonds is 6. The lowest BCUT2D eigenvalue weighted by Gasteiger charge is -2.11. The number of nitrogens with zero attached hydrogens (tertiary/aromatic N) is 1. The lowest BCUT2D eigenvalue weighted by molar-refractivity contribution is 0.0944. The summed E-state index contributed by atoms with van der Waals surface area (Å²) in [5, 5.41) is 2.85. The van der Waals surface area contributed by atoms with Gasteiger partial charge in [0, 0.05) is 12.7 Å². The van der Waals surface area contributed by atoms with Gasteiger partial charge in [0.25, 0.3) is 5.91 Å². The van der Waals surface area contributed by atoms with Crippen LogP contribution in [0, 0.1) is 5.92 Å². The Hall–Kier alpha value is -1.27. The van der Waals surface area contributed by atoms with Crippen molar-refractivity contribution in [1.82, 2.24) is 10.3 Å². The molecule has 1 amide bonds. The van der Waals surface area contributed by atoms with Gasteiger partial charge in [-0.2, -0.15) is 11.8 Å². The Kier molecular flexibility index (Phi) is 5.79. The number of nitrogens with two attached hydrogens (primary N) is 1. The maximum absolute atomic E-state index is 11.8. The topological polar surface area (TPSA) is 80.0 Å². The highest BCUT2D eigenvalue weighted by molar-refractivity contribution is 7.98. The fourth-order valence-corrected chi connectivity index (χ4v) is 2.03. The van der Waals surface area contributed by atoms with Crippen LogP contribution < -0.4 is 16.6 Å². The standard InChI is InChI=1S/C11H18N4OS/c1-8(7-17-2)6-14-11(16)10-5-9(15-12)3-4-13-10/h3-5,8H,6-7,12H2,1-2H3,(H,13,15)(H,14,16). The van der Waals surface area contributed by atoms with Gasteiger partial charge < -0.3 is 10.7 Å². The average Bonchev–Trinajstić information content (AvgIpc) is 2.36. The summed E-state index contributed by atoms with van der Waals surface area (Å²) in [5.74, 6) is 6.57. The number of thioether (sulfide) groups is 1. The van der Waals surface area contributed by atoms with Crippen molar-refractivity contribution in [2.75, 3.05) is 24.0 Å². The number of carbonyl (C=O) groups excluding carboxylic acids is 1. The molecule has 0 bridgehead atoms. The summed E-state index contributed by atoms with van der Waals surface area (Å²) in [6, 6.07) is 3.32. The van der Waals surface area contributed by atoms with Crippen molar-refractivity contribution in [3.63, 3.8) is 0 Å². The second-order valence-corrected chi connectivity index (χ2v) is 4.76. The average molecular weight is 254 g/mol. The summed E-state index contributed by atoms with van der Waals surface area (Å²) >= 11 is 1.77. The van der Waals surface area contributed by atoms with Crippen LogP contribution in [0.25, 0.3) is 0 Å². The molecule has 1 aromatic heterocycles. The van der Waals surface area contributed by atoms with E-state index in [1.807, 2.05) is 0 Å². The van der Waals surface area contributed by atoms with Crippen molar-refractivity contribution in [1.29, 1.82) is 0 Å². The zero-order valence-corrected chi connectivity index (χ0v) is 10.9. The first kappa shape index (κ1) is 13.8. The monoisotopic (exact) mass is 254 g/mol. The Morgan fingerprint density at radius 2 is 2.41 bits per heavy atom. The zero-order valence-electron chi connectivity index (χ0n) is 10.1. The molecule has 1 rings (SSSR count). The fraction of sp³-hybridized carbons (Fsp3) is 0.455. The van der Waals surface area contributed by atoms with Crippen LogP contribution in [-0.4, -0.2) is 29.4 Å². The van der Waals surface area contributed by atoms with Crippen molar-refractivity contribution in [2.45, 2.75) is 6.92 Å². The Morgan fingerprint density at radius 1 is 1.65 bits per heavy atom. The van der Waals surface area contributed by atoms with E-state index in [1.54, 1.807) is 30.1 Å². The maximum atomic E-state index is 11.8. The highest BCUT2D eigenvalue weighted by Gasteiger charge is 2.09. The minimum absolute atomic E-state index is 0.171. The van der Waals surface area contributed by atoms with E-state index in [2.05, 4.69) is 28.9 Å². The van der Waals surface area contributed by atoms with E-state index in [-0.39, 0.29) is 5.91 Å². The minimum atomic E-state index is -0.171. The molecule has 4 N–H and O–H groups in total. The van der Waals surface area contributed by atoms with Gasteiger partial charge in [0.1, 0.15) is 5.69 Å². The van der Waals surface area contributed by atoms with E-state index < -0.39 is 0 Å². The van der Waals surface area contributed by atoms with E-state index in [1.165, 1.54) is 0 Å². The van der Waals surface area contributed by atoms with E-state index in [4.69, 9.17) is 5.84 Å².